The Morgan fingerprint density at radius 2 is 1.67 bits per heavy atom. The molecule has 0 aliphatic heterocycles. The summed E-state index contributed by atoms with van der Waals surface area (Å²) in [5, 5.41) is 31.2. The van der Waals surface area contributed by atoms with E-state index in [1.54, 1.807) is 0 Å². The summed E-state index contributed by atoms with van der Waals surface area (Å²) in [6.07, 6.45) is 4.17. The minimum atomic E-state index is -0.916. The van der Waals surface area contributed by atoms with E-state index >= 15 is 0 Å². The Kier molecular flexibility index (Phi) is 2.37. The first kappa shape index (κ1) is 12.9. The van der Waals surface area contributed by atoms with Gasteiger partial charge < -0.3 is 15.3 Å². The van der Waals surface area contributed by atoms with Gasteiger partial charge in [-0.25, -0.2) is 0 Å². The SMILES string of the molecule is CC1(C)[C@H]2C[C@]3(CC[C@@]2(C)O)[C@H]1CC[C@@]3(O)CO. The summed E-state index contributed by atoms with van der Waals surface area (Å²) in [5.74, 6) is 0.670. The normalized spacial score (nSPS) is 57.7. The summed E-state index contributed by atoms with van der Waals surface area (Å²) >= 11 is 0. The van der Waals surface area contributed by atoms with Crippen molar-refractivity contribution in [3.05, 3.63) is 0 Å². The smallest absolute Gasteiger partial charge is 0.0936 e. The molecule has 5 atom stereocenters. The molecule has 0 amide bonds. The van der Waals surface area contributed by atoms with Crippen LogP contribution < -0.4 is 0 Å². The highest BCUT2D eigenvalue weighted by Crippen LogP contribution is 2.74. The average molecular weight is 254 g/mol. The fraction of sp³-hybridized carbons (Fsp3) is 1.00. The molecule has 3 aliphatic rings. The fourth-order valence-corrected chi connectivity index (χ4v) is 5.94. The Morgan fingerprint density at radius 1 is 1.00 bits per heavy atom. The van der Waals surface area contributed by atoms with E-state index in [0.29, 0.717) is 12.3 Å². The summed E-state index contributed by atoms with van der Waals surface area (Å²) in [6, 6.07) is 0. The minimum absolute atomic E-state index is 0.0552. The molecule has 0 heterocycles. The molecule has 0 aromatic carbocycles. The van der Waals surface area contributed by atoms with E-state index in [1.165, 1.54) is 0 Å². The van der Waals surface area contributed by atoms with E-state index < -0.39 is 11.2 Å². The van der Waals surface area contributed by atoms with Crippen LogP contribution in [0.3, 0.4) is 0 Å². The van der Waals surface area contributed by atoms with Crippen molar-refractivity contribution in [3.8, 4) is 0 Å². The number of hydrogen-bond acceptors (Lipinski definition) is 3. The molecule has 0 radical (unpaired) electrons. The second-order valence-corrected chi connectivity index (χ2v) is 7.87. The van der Waals surface area contributed by atoms with E-state index in [9.17, 15) is 15.3 Å². The molecule has 1 spiro atoms. The Labute approximate surface area is 109 Å². The lowest BCUT2D eigenvalue weighted by Gasteiger charge is -2.47. The molecule has 104 valence electrons. The molecule has 3 heteroatoms. The first-order chi connectivity index (χ1) is 8.20. The zero-order chi connectivity index (χ0) is 13.4. The second-order valence-electron chi connectivity index (χ2n) is 7.87. The van der Waals surface area contributed by atoms with Crippen molar-refractivity contribution in [3.63, 3.8) is 0 Å². The van der Waals surface area contributed by atoms with Gasteiger partial charge in [0.1, 0.15) is 0 Å². The summed E-state index contributed by atoms with van der Waals surface area (Å²) in [5.41, 5.74) is -1.63. The van der Waals surface area contributed by atoms with Crippen molar-refractivity contribution in [2.75, 3.05) is 6.61 Å². The first-order valence-electron chi connectivity index (χ1n) is 7.25. The summed E-state index contributed by atoms with van der Waals surface area (Å²) in [6.45, 7) is 6.31. The summed E-state index contributed by atoms with van der Waals surface area (Å²) < 4.78 is 0. The maximum atomic E-state index is 10.8. The second kappa shape index (κ2) is 3.31. The van der Waals surface area contributed by atoms with Crippen LogP contribution >= 0.6 is 0 Å². The molecule has 0 aromatic heterocycles. The van der Waals surface area contributed by atoms with Gasteiger partial charge in [-0.05, 0) is 56.3 Å². The summed E-state index contributed by atoms with van der Waals surface area (Å²) in [7, 11) is 0. The first-order valence-corrected chi connectivity index (χ1v) is 7.25. The van der Waals surface area contributed by atoms with Gasteiger partial charge in [0.25, 0.3) is 0 Å². The molecule has 3 saturated carbocycles. The predicted molar refractivity (Wildman–Crippen MR) is 68.9 cm³/mol. The molecule has 2 bridgehead atoms. The molecule has 3 fully saturated rings. The van der Waals surface area contributed by atoms with Crippen LogP contribution in [0.15, 0.2) is 0 Å². The van der Waals surface area contributed by atoms with Crippen molar-refractivity contribution < 1.29 is 15.3 Å². The lowest BCUT2D eigenvalue weighted by Crippen LogP contribution is -2.52. The fourth-order valence-electron chi connectivity index (χ4n) is 5.94. The van der Waals surface area contributed by atoms with Crippen LogP contribution in [0.5, 0.6) is 0 Å². The van der Waals surface area contributed by atoms with E-state index in [1.807, 2.05) is 6.92 Å². The lowest BCUT2D eigenvalue weighted by molar-refractivity contribution is -0.140. The third kappa shape index (κ3) is 1.21. The third-order valence-electron chi connectivity index (χ3n) is 6.89. The Balaban J connectivity index is 2.09. The van der Waals surface area contributed by atoms with Crippen molar-refractivity contribution in [1.29, 1.82) is 0 Å². The van der Waals surface area contributed by atoms with Crippen molar-refractivity contribution in [2.24, 2.45) is 22.7 Å². The van der Waals surface area contributed by atoms with Crippen molar-refractivity contribution in [1.82, 2.24) is 0 Å². The van der Waals surface area contributed by atoms with E-state index in [-0.39, 0.29) is 23.4 Å². The molecule has 3 rings (SSSR count). The predicted octanol–water partition coefficient (Wildman–Crippen LogP) is 1.70. The standard InChI is InChI=1S/C15H26O3/c1-12(2)10-4-5-15(18,9-16)14(10)7-6-13(3,17)11(12)8-14/h10-11,16-18H,4-9H2,1-3H3/t10-,11+,13+,14+,15+/m0/s1. The van der Waals surface area contributed by atoms with E-state index in [4.69, 9.17) is 0 Å². The number of aliphatic hydroxyl groups is 3. The molecule has 3 aliphatic carbocycles. The molecule has 3 N–H and O–H groups in total. The zero-order valence-electron chi connectivity index (χ0n) is 11.7. The molecule has 0 aromatic rings. The molecule has 3 nitrogen and oxygen atoms in total. The number of hydrogen-bond donors (Lipinski definition) is 3. The van der Waals surface area contributed by atoms with Crippen molar-refractivity contribution in [2.45, 2.75) is 64.1 Å². The van der Waals surface area contributed by atoms with Gasteiger partial charge in [0.15, 0.2) is 0 Å². The minimum Gasteiger partial charge on any atom is -0.393 e. The largest absolute Gasteiger partial charge is 0.393 e. The monoisotopic (exact) mass is 254 g/mol. The van der Waals surface area contributed by atoms with Crippen LogP contribution in [0.2, 0.25) is 0 Å². The van der Waals surface area contributed by atoms with Gasteiger partial charge in [0, 0.05) is 5.41 Å². The third-order valence-corrected chi connectivity index (χ3v) is 6.89. The maximum absolute atomic E-state index is 10.8. The molecule has 18 heavy (non-hydrogen) atoms. The van der Waals surface area contributed by atoms with Gasteiger partial charge in [-0.3, -0.25) is 0 Å². The highest BCUT2D eigenvalue weighted by Gasteiger charge is 2.72. The maximum Gasteiger partial charge on any atom is 0.0936 e. The van der Waals surface area contributed by atoms with Crippen LogP contribution in [0.4, 0.5) is 0 Å². The van der Waals surface area contributed by atoms with Crippen LogP contribution in [-0.4, -0.2) is 33.1 Å². The van der Waals surface area contributed by atoms with Crippen LogP contribution in [-0.2, 0) is 0 Å². The highest BCUT2D eigenvalue weighted by molar-refractivity contribution is 5.22. The Hall–Kier alpha value is -0.120. The average Bonchev–Trinajstić information content (AvgIpc) is 2.68. The van der Waals surface area contributed by atoms with Crippen LogP contribution in [0, 0.1) is 22.7 Å². The van der Waals surface area contributed by atoms with Gasteiger partial charge in [0.2, 0.25) is 0 Å². The Bertz CT molecular complexity index is 376. The molecule has 0 unspecified atom stereocenters. The van der Waals surface area contributed by atoms with Gasteiger partial charge in [-0.1, -0.05) is 13.8 Å². The highest BCUT2D eigenvalue weighted by atomic mass is 16.3. The van der Waals surface area contributed by atoms with E-state index in [0.717, 1.165) is 25.7 Å². The van der Waals surface area contributed by atoms with Gasteiger partial charge in [-0.15, -0.1) is 0 Å². The number of aliphatic hydroxyl groups excluding tert-OH is 1. The van der Waals surface area contributed by atoms with Gasteiger partial charge >= 0.3 is 0 Å². The van der Waals surface area contributed by atoms with Crippen LogP contribution in [0.1, 0.15) is 52.9 Å². The zero-order valence-corrected chi connectivity index (χ0v) is 11.7. The molecular weight excluding hydrogens is 228 g/mol. The van der Waals surface area contributed by atoms with Gasteiger partial charge in [-0.2, -0.15) is 0 Å². The van der Waals surface area contributed by atoms with Crippen LogP contribution in [0.25, 0.3) is 0 Å². The number of rotatable bonds is 1. The topological polar surface area (TPSA) is 60.7 Å². The van der Waals surface area contributed by atoms with Crippen molar-refractivity contribution >= 4 is 0 Å². The van der Waals surface area contributed by atoms with Gasteiger partial charge in [0.05, 0.1) is 17.8 Å². The summed E-state index contributed by atoms with van der Waals surface area (Å²) in [4.78, 5) is 0. The number of fused-ring (bicyclic) bond motifs is 1. The Morgan fingerprint density at radius 3 is 2.28 bits per heavy atom. The quantitative estimate of drug-likeness (QED) is 0.667. The lowest BCUT2D eigenvalue weighted by atomic mass is 9.62. The molecular formula is C15H26O3. The van der Waals surface area contributed by atoms with E-state index in [2.05, 4.69) is 13.8 Å². The molecule has 0 saturated heterocycles.